The van der Waals surface area contributed by atoms with E-state index in [4.69, 9.17) is 0 Å². The van der Waals surface area contributed by atoms with Crippen molar-refractivity contribution < 1.29 is 0 Å². The number of piperidine rings is 1. The third-order valence-electron chi connectivity index (χ3n) is 6.94. The molecule has 0 bridgehead atoms. The number of rotatable bonds is 3. The molecule has 1 atom stereocenters. The molecule has 4 rings (SSSR count). The first kappa shape index (κ1) is 15.4. The molecule has 1 spiro atoms. The lowest BCUT2D eigenvalue weighted by Crippen LogP contribution is -2.54. The van der Waals surface area contributed by atoms with Crippen molar-refractivity contribution in [3.8, 4) is 0 Å². The molecule has 4 heteroatoms. The largest absolute Gasteiger partial charge is 0.314 e. The van der Waals surface area contributed by atoms with Gasteiger partial charge in [-0.05, 0) is 70.1 Å². The molecule has 0 aromatic carbocycles. The highest BCUT2D eigenvalue weighted by molar-refractivity contribution is 5.02. The first-order valence-corrected chi connectivity index (χ1v) is 9.58. The molecule has 1 unspecified atom stereocenters. The Morgan fingerprint density at radius 2 is 1.73 bits per heavy atom. The summed E-state index contributed by atoms with van der Waals surface area (Å²) >= 11 is 0. The minimum absolute atomic E-state index is 0.744. The molecule has 1 N–H and O–H groups in total. The van der Waals surface area contributed by atoms with Gasteiger partial charge in [-0.25, -0.2) is 0 Å². The maximum Gasteiger partial charge on any atom is 0.0107 e. The quantitative estimate of drug-likeness (QED) is 0.842. The lowest BCUT2D eigenvalue weighted by Gasteiger charge is -2.54. The van der Waals surface area contributed by atoms with Crippen molar-refractivity contribution in [1.29, 1.82) is 0 Å². The smallest absolute Gasteiger partial charge is 0.0107 e. The summed E-state index contributed by atoms with van der Waals surface area (Å²) in [7, 11) is 2.28. The number of hydrogen-bond acceptors (Lipinski definition) is 4. The van der Waals surface area contributed by atoms with Gasteiger partial charge in [-0.1, -0.05) is 0 Å². The van der Waals surface area contributed by atoms with Crippen LogP contribution in [-0.2, 0) is 0 Å². The van der Waals surface area contributed by atoms with Gasteiger partial charge in [-0.2, -0.15) is 0 Å². The standard InChI is InChI=1S/C18H34N4/c1-20-8-3-18(4-9-20)12-17(13-18)22-7-2-16(15-22)14-21-10-5-19-6-11-21/h16-17,19H,2-15H2,1H3. The van der Waals surface area contributed by atoms with Gasteiger partial charge in [0.25, 0.3) is 0 Å². The molecule has 3 heterocycles. The Kier molecular flexibility index (Phi) is 4.46. The average Bonchev–Trinajstić information content (AvgIpc) is 2.95. The van der Waals surface area contributed by atoms with Crippen LogP contribution >= 0.6 is 0 Å². The van der Waals surface area contributed by atoms with Crippen molar-refractivity contribution >= 4 is 0 Å². The number of nitrogens with one attached hydrogen (secondary N) is 1. The molecule has 126 valence electrons. The van der Waals surface area contributed by atoms with Gasteiger partial charge >= 0.3 is 0 Å². The van der Waals surface area contributed by atoms with E-state index in [2.05, 4.69) is 27.1 Å². The average molecular weight is 306 g/mol. The maximum atomic E-state index is 3.47. The normalized spacial score (nSPS) is 35.0. The van der Waals surface area contributed by atoms with E-state index in [1.54, 1.807) is 0 Å². The lowest BCUT2D eigenvalue weighted by molar-refractivity contribution is -0.0325. The van der Waals surface area contributed by atoms with Crippen LogP contribution in [0.4, 0.5) is 0 Å². The molecule has 4 nitrogen and oxygen atoms in total. The van der Waals surface area contributed by atoms with Crippen LogP contribution < -0.4 is 5.32 Å². The zero-order valence-electron chi connectivity index (χ0n) is 14.4. The third kappa shape index (κ3) is 3.21. The van der Waals surface area contributed by atoms with Crippen molar-refractivity contribution in [2.75, 3.05) is 66.0 Å². The molecule has 22 heavy (non-hydrogen) atoms. The van der Waals surface area contributed by atoms with Crippen LogP contribution in [0.2, 0.25) is 0 Å². The van der Waals surface area contributed by atoms with Crippen LogP contribution in [-0.4, -0.2) is 86.7 Å². The Labute approximate surface area is 136 Å². The van der Waals surface area contributed by atoms with Crippen LogP contribution in [0.15, 0.2) is 0 Å². The number of hydrogen-bond donors (Lipinski definition) is 1. The Hall–Kier alpha value is -0.160. The van der Waals surface area contributed by atoms with Crippen LogP contribution in [0.5, 0.6) is 0 Å². The van der Waals surface area contributed by atoms with Gasteiger partial charge in [0.1, 0.15) is 0 Å². The molecule has 0 aromatic heterocycles. The van der Waals surface area contributed by atoms with E-state index >= 15 is 0 Å². The van der Waals surface area contributed by atoms with Crippen LogP contribution in [0.25, 0.3) is 0 Å². The first-order chi connectivity index (χ1) is 10.7. The highest BCUT2D eigenvalue weighted by atomic mass is 15.2. The second-order valence-corrected chi connectivity index (χ2v) is 8.57. The van der Waals surface area contributed by atoms with Gasteiger partial charge in [-0.3, -0.25) is 0 Å². The van der Waals surface area contributed by atoms with Gasteiger partial charge in [0.05, 0.1) is 0 Å². The fourth-order valence-corrected chi connectivity index (χ4v) is 5.30. The number of nitrogens with zero attached hydrogens (tertiary/aromatic N) is 3. The minimum Gasteiger partial charge on any atom is -0.314 e. The second-order valence-electron chi connectivity index (χ2n) is 8.57. The summed E-state index contributed by atoms with van der Waals surface area (Å²) in [6.45, 7) is 11.7. The lowest BCUT2D eigenvalue weighted by atomic mass is 9.60. The van der Waals surface area contributed by atoms with Crippen molar-refractivity contribution in [2.24, 2.45) is 11.3 Å². The van der Waals surface area contributed by atoms with E-state index in [1.165, 1.54) is 91.0 Å². The molecule has 0 radical (unpaired) electrons. The van der Waals surface area contributed by atoms with Gasteiger partial charge < -0.3 is 20.0 Å². The molecule has 0 amide bonds. The monoisotopic (exact) mass is 306 g/mol. The van der Waals surface area contributed by atoms with E-state index in [9.17, 15) is 0 Å². The van der Waals surface area contributed by atoms with Gasteiger partial charge in [-0.15, -0.1) is 0 Å². The molecular formula is C18H34N4. The van der Waals surface area contributed by atoms with E-state index in [-0.39, 0.29) is 0 Å². The first-order valence-electron chi connectivity index (χ1n) is 9.58. The molecule has 3 aliphatic heterocycles. The molecule has 3 saturated heterocycles. The highest BCUT2D eigenvalue weighted by Gasteiger charge is 2.48. The fourth-order valence-electron chi connectivity index (χ4n) is 5.30. The third-order valence-corrected chi connectivity index (χ3v) is 6.94. The van der Waals surface area contributed by atoms with E-state index in [1.807, 2.05) is 0 Å². The summed E-state index contributed by atoms with van der Waals surface area (Å²) in [6, 6.07) is 0.927. The van der Waals surface area contributed by atoms with Crippen LogP contribution in [0.1, 0.15) is 32.1 Å². The van der Waals surface area contributed by atoms with Gasteiger partial charge in [0, 0.05) is 45.3 Å². The Bertz CT molecular complexity index is 363. The molecule has 1 aliphatic carbocycles. The molecule has 0 aromatic rings. The van der Waals surface area contributed by atoms with Crippen molar-refractivity contribution in [1.82, 2.24) is 20.0 Å². The SMILES string of the molecule is CN1CCC2(CC1)CC(N1CCC(CN3CCNCC3)C1)C2. The zero-order valence-corrected chi connectivity index (χ0v) is 14.4. The van der Waals surface area contributed by atoms with Gasteiger partial charge in [0.2, 0.25) is 0 Å². The van der Waals surface area contributed by atoms with Crippen molar-refractivity contribution in [3.05, 3.63) is 0 Å². The maximum absolute atomic E-state index is 3.47. The Balaban J connectivity index is 1.21. The number of piperazine rings is 1. The van der Waals surface area contributed by atoms with Gasteiger partial charge in [0.15, 0.2) is 0 Å². The molecule has 1 saturated carbocycles. The molecule has 4 aliphatic rings. The zero-order chi connectivity index (χ0) is 15.0. The predicted molar refractivity (Wildman–Crippen MR) is 91.2 cm³/mol. The van der Waals surface area contributed by atoms with Crippen LogP contribution in [0.3, 0.4) is 0 Å². The van der Waals surface area contributed by atoms with Crippen LogP contribution in [0, 0.1) is 11.3 Å². The summed E-state index contributed by atoms with van der Waals surface area (Å²) in [5, 5.41) is 3.47. The fraction of sp³-hybridized carbons (Fsp3) is 1.00. The Morgan fingerprint density at radius 3 is 2.45 bits per heavy atom. The summed E-state index contributed by atoms with van der Waals surface area (Å²) in [4.78, 5) is 8.04. The molecular weight excluding hydrogens is 272 g/mol. The van der Waals surface area contributed by atoms with E-state index < -0.39 is 0 Å². The summed E-state index contributed by atoms with van der Waals surface area (Å²) in [5.41, 5.74) is 0.744. The highest BCUT2D eigenvalue weighted by Crippen LogP contribution is 2.51. The van der Waals surface area contributed by atoms with Crippen molar-refractivity contribution in [3.63, 3.8) is 0 Å². The van der Waals surface area contributed by atoms with E-state index in [0.29, 0.717) is 0 Å². The summed E-state index contributed by atoms with van der Waals surface area (Å²) < 4.78 is 0. The minimum atomic E-state index is 0.744. The van der Waals surface area contributed by atoms with E-state index in [0.717, 1.165) is 17.4 Å². The topological polar surface area (TPSA) is 21.8 Å². The molecule has 4 fully saturated rings. The summed E-state index contributed by atoms with van der Waals surface area (Å²) in [6.07, 6.45) is 7.36. The Morgan fingerprint density at radius 1 is 1.00 bits per heavy atom. The number of likely N-dealkylation sites (tertiary alicyclic amines) is 2. The summed E-state index contributed by atoms with van der Waals surface area (Å²) in [5.74, 6) is 0.937. The predicted octanol–water partition coefficient (Wildman–Crippen LogP) is 1.09. The second kappa shape index (κ2) is 6.39. The van der Waals surface area contributed by atoms with Crippen molar-refractivity contribution in [2.45, 2.75) is 38.1 Å².